The van der Waals surface area contributed by atoms with E-state index in [1.54, 1.807) is 0 Å². The van der Waals surface area contributed by atoms with Gasteiger partial charge in [-0.25, -0.2) is 0 Å². The highest BCUT2D eigenvalue weighted by atomic mass is 32.2. The molecule has 0 aliphatic heterocycles. The molecular weight excluding hydrogens is 242 g/mol. The van der Waals surface area contributed by atoms with Crippen LogP contribution in [-0.4, -0.2) is 36.6 Å². The van der Waals surface area contributed by atoms with Gasteiger partial charge in [-0.05, 0) is 38.9 Å². The van der Waals surface area contributed by atoms with Crippen LogP contribution in [0.15, 0.2) is 4.99 Å². The minimum absolute atomic E-state index is 0.617. The summed E-state index contributed by atoms with van der Waals surface area (Å²) in [7, 11) is 0. The average molecular weight is 271 g/mol. The lowest BCUT2D eigenvalue weighted by atomic mass is 10.2. The minimum Gasteiger partial charge on any atom is -0.357 e. The Balaban J connectivity index is 2.32. The number of rotatable bonds is 7. The zero-order chi connectivity index (χ0) is 13.2. The third-order valence-electron chi connectivity index (χ3n) is 3.43. The maximum atomic E-state index is 4.65. The first-order valence-electron chi connectivity index (χ1n) is 7.37. The van der Waals surface area contributed by atoms with Gasteiger partial charge in [-0.2, -0.15) is 11.8 Å². The molecule has 2 N–H and O–H groups in total. The lowest BCUT2D eigenvalue weighted by Crippen LogP contribution is -2.42. The first-order chi connectivity index (χ1) is 8.80. The fourth-order valence-electron chi connectivity index (χ4n) is 2.35. The zero-order valence-electron chi connectivity index (χ0n) is 12.2. The van der Waals surface area contributed by atoms with Crippen LogP contribution in [0.2, 0.25) is 0 Å². The highest BCUT2D eigenvalue weighted by molar-refractivity contribution is 7.99. The number of unbranched alkanes of at least 4 members (excludes halogenated alkanes) is 2. The molecule has 18 heavy (non-hydrogen) atoms. The van der Waals surface area contributed by atoms with Crippen molar-refractivity contribution in [2.75, 3.05) is 19.3 Å². The molecule has 1 aliphatic carbocycles. The zero-order valence-corrected chi connectivity index (χ0v) is 13.0. The van der Waals surface area contributed by atoms with Crippen LogP contribution in [-0.2, 0) is 0 Å². The fraction of sp³-hybridized carbons (Fsp3) is 0.929. The summed E-state index contributed by atoms with van der Waals surface area (Å²) in [6.07, 6.45) is 9.86. The Hall–Kier alpha value is -0.380. The standard InChI is InChI=1S/C14H29N3S/c1-4-6-7-10-16-14(15-5-2)17-12-8-9-13(11-12)18-3/h12-13H,4-11H2,1-3H3,(H2,15,16,17). The molecule has 0 aromatic heterocycles. The third-order valence-corrected chi connectivity index (χ3v) is 4.53. The van der Waals surface area contributed by atoms with Gasteiger partial charge in [0.05, 0.1) is 0 Å². The third kappa shape index (κ3) is 5.98. The van der Waals surface area contributed by atoms with E-state index in [2.05, 4.69) is 35.7 Å². The van der Waals surface area contributed by atoms with E-state index in [9.17, 15) is 0 Å². The van der Waals surface area contributed by atoms with Gasteiger partial charge in [0.1, 0.15) is 0 Å². The maximum absolute atomic E-state index is 4.65. The number of aliphatic imine (C=N–C) groups is 1. The van der Waals surface area contributed by atoms with Crippen molar-refractivity contribution in [2.45, 2.75) is 63.7 Å². The van der Waals surface area contributed by atoms with Crippen molar-refractivity contribution >= 4 is 17.7 Å². The average Bonchev–Trinajstić information content (AvgIpc) is 2.82. The molecule has 0 aromatic carbocycles. The van der Waals surface area contributed by atoms with Crippen molar-refractivity contribution in [3.63, 3.8) is 0 Å². The topological polar surface area (TPSA) is 36.4 Å². The molecule has 0 bridgehead atoms. The van der Waals surface area contributed by atoms with E-state index in [1.165, 1.54) is 38.5 Å². The summed E-state index contributed by atoms with van der Waals surface area (Å²) in [6, 6.07) is 0.617. The molecule has 3 nitrogen and oxygen atoms in total. The summed E-state index contributed by atoms with van der Waals surface area (Å²) in [5.74, 6) is 1.01. The van der Waals surface area contributed by atoms with Gasteiger partial charge in [0, 0.05) is 24.4 Å². The van der Waals surface area contributed by atoms with E-state index < -0.39 is 0 Å². The summed E-state index contributed by atoms with van der Waals surface area (Å²) in [6.45, 7) is 6.25. The van der Waals surface area contributed by atoms with Crippen LogP contribution in [0, 0.1) is 0 Å². The van der Waals surface area contributed by atoms with Gasteiger partial charge in [0.15, 0.2) is 5.96 Å². The molecule has 0 spiro atoms. The molecule has 1 saturated carbocycles. The van der Waals surface area contributed by atoms with Crippen LogP contribution in [0.5, 0.6) is 0 Å². The van der Waals surface area contributed by atoms with E-state index in [-0.39, 0.29) is 0 Å². The Morgan fingerprint density at radius 3 is 2.72 bits per heavy atom. The smallest absolute Gasteiger partial charge is 0.191 e. The largest absolute Gasteiger partial charge is 0.357 e. The van der Waals surface area contributed by atoms with Gasteiger partial charge in [0.25, 0.3) is 0 Å². The fourth-order valence-corrected chi connectivity index (χ4v) is 3.15. The van der Waals surface area contributed by atoms with Gasteiger partial charge in [-0.3, -0.25) is 4.99 Å². The summed E-state index contributed by atoms with van der Waals surface area (Å²) in [4.78, 5) is 4.65. The highest BCUT2D eigenvalue weighted by Gasteiger charge is 2.24. The second-order valence-corrected chi connectivity index (χ2v) is 6.12. The first-order valence-corrected chi connectivity index (χ1v) is 8.66. The molecule has 1 aliphatic rings. The number of nitrogens with one attached hydrogen (secondary N) is 2. The molecule has 1 rings (SSSR count). The van der Waals surface area contributed by atoms with Crippen LogP contribution < -0.4 is 10.6 Å². The summed E-state index contributed by atoms with van der Waals surface area (Å²) >= 11 is 2.00. The lowest BCUT2D eigenvalue weighted by Gasteiger charge is -2.17. The number of thioether (sulfide) groups is 1. The van der Waals surface area contributed by atoms with E-state index in [4.69, 9.17) is 0 Å². The predicted octanol–water partition coefficient (Wildman–Crippen LogP) is 3.02. The lowest BCUT2D eigenvalue weighted by molar-refractivity contribution is 0.613. The molecule has 0 heterocycles. The van der Waals surface area contributed by atoms with Crippen molar-refractivity contribution in [1.29, 1.82) is 0 Å². The first kappa shape index (κ1) is 15.7. The molecule has 4 heteroatoms. The van der Waals surface area contributed by atoms with E-state index >= 15 is 0 Å². The maximum Gasteiger partial charge on any atom is 0.191 e. The van der Waals surface area contributed by atoms with Gasteiger partial charge in [-0.1, -0.05) is 19.8 Å². The molecule has 0 saturated heterocycles. The second kappa shape index (κ2) is 9.54. The van der Waals surface area contributed by atoms with Crippen molar-refractivity contribution in [3.05, 3.63) is 0 Å². The van der Waals surface area contributed by atoms with Gasteiger partial charge in [0.2, 0.25) is 0 Å². The molecule has 2 atom stereocenters. The molecule has 0 amide bonds. The highest BCUT2D eigenvalue weighted by Crippen LogP contribution is 2.27. The minimum atomic E-state index is 0.617. The molecule has 0 radical (unpaired) electrons. The van der Waals surface area contributed by atoms with Gasteiger partial charge < -0.3 is 10.6 Å². The monoisotopic (exact) mass is 271 g/mol. The second-order valence-electron chi connectivity index (χ2n) is 4.98. The van der Waals surface area contributed by atoms with Crippen molar-refractivity contribution in [1.82, 2.24) is 10.6 Å². The Labute approximate surface area is 117 Å². The number of hydrogen-bond donors (Lipinski definition) is 2. The number of nitrogens with zero attached hydrogens (tertiary/aromatic N) is 1. The molecule has 106 valence electrons. The number of hydrogen-bond acceptors (Lipinski definition) is 2. The number of guanidine groups is 1. The summed E-state index contributed by atoms with van der Waals surface area (Å²) in [5, 5.41) is 7.77. The van der Waals surface area contributed by atoms with Crippen LogP contribution in [0.25, 0.3) is 0 Å². The Morgan fingerprint density at radius 1 is 1.28 bits per heavy atom. The van der Waals surface area contributed by atoms with E-state index in [0.29, 0.717) is 6.04 Å². The Bertz CT molecular complexity index is 243. The van der Waals surface area contributed by atoms with Gasteiger partial charge >= 0.3 is 0 Å². The van der Waals surface area contributed by atoms with Crippen LogP contribution in [0.4, 0.5) is 0 Å². The van der Waals surface area contributed by atoms with Crippen molar-refractivity contribution in [3.8, 4) is 0 Å². The quantitative estimate of drug-likeness (QED) is 0.424. The Morgan fingerprint density at radius 2 is 2.11 bits per heavy atom. The molecule has 1 fully saturated rings. The summed E-state index contributed by atoms with van der Waals surface area (Å²) in [5.41, 5.74) is 0. The van der Waals surface area contributed by atoms with Crippen LogP contribution >= 0.6 is 11.8 Å². The van der Waals surface area contributed by atoms with E-state index in [0.717, 1.165) is 24.3 Å². The predicted molar refractivity (Wildman–Crippen MR) is 83.6 cm³/mol. The van der Waals surface area contributed by atoms with Gasteiger partial charge in [-0.15, -0.1) is 0 Å². The van der Waals surface area contributed by atoms with E-state index in [1.807, 2.05) is 11.8 Å². The Kier molecular flexibility index (Phi) is 8.31. The normalized spacial score (nSPS) is 24.3. The molecular formula is C14H29N3S. The van der Waals surface area contributed by atoms with Crippen LogP contribution in [0.3, 0.4) is 0 Å². The van der Waals surface area contributed by atoms with Crippen molar-refractivity contribution < 1.29 is 0 Å². The van der Waals surface area contributed by atoms with Crippen LogP contribution in [0.1, 0.15) is 52.4 Å². The molecule has 2 unspecified atom stereocenters. The SMILES string of the molecule is CCCCCN=C(NCC)NC1CCC(SC)C1. The summed E-state index contributed by atoms with van der Waals surface area (Å²) < 4.78 is 0. The van der Waals surface area contributed by atoms with Crippen molar-refractivity contribution in [2.24, 2.45) is 4.99 Å². The molecule has 0 aromatic rings.